The Hall–Kier alpha value is -1.71. The molecule has 4 heteroatoms. The highest BCUT2D eigenvalue weighted by atomic mass is 19.2. The topological polar surface area (TPSA) is 26.3 Å². The molecule has 1 aromatic carbocycles. The highest BCUT2D eigenvalue weighted by molar-refractivity contribution is 5.89. The minimum atomic E-state index is -1.15. The lowest BCUT2D eigenvalue weighted by molar-refractivity contribution is 0.0426. The van der Waals surface area contributed by atoms with E-state index in [0.29, 0.717) is 0 Å². The van der Waals surface area contributed by atoms with Crippen LogP contribution in [0.5, 0.6) is 0 Å². The molecule has 1 aromatic rings. The lowest BCUT2D eigenvalue weighted by atomic mass is 9.95. The molecule has 0 spiro atoms. The monoisotopic (exact) mass is 252 g/mol. The van der Waals surface area contributed by atoms with Crippen molar-refractivity contribution >= 4 is 5.97 Å². The molecule has 1 unspecified atom stereocenters. The Kier molecular flexibility index (Phi) is 4.07. The molecule has 0 N–H and O–H groups in total. The molecule has 96 valence electrons. The number of halogens is 2. The maximum atomic E-state index is 13.3. The van der Waals surface area contributed by atoms with E-state index in [1.807, 2.05) is 6.08 Å². The van der Waals surface area contributed by atoms with Gasteiger partial charge in [0.2, 0.25) is 0 Å². The zero-order valence-electron chi connectivity index (χ0n) is 9.86. The van der Waals surface area contributed by atoms with Gasteiger partial charge in [-0.25, -0.2) is 13.6 Å². The summed E-state index contributed by atoms with van der Waals surface area (Å²) in [6.45, 7) is 0.249. The molecule has 1 atom stereocenters. The molecule has 2 nitrogen and oxygen atoms in total. The van der Waals surface area contributed by atoms with Crippen LogP contribution in [-0.4, -0.2) is 12.6 Å². The van der Waals surface area contributed by atoms with Gasteiger partial charge in [-0.15, -0.1) is 0 Å². The third-order valence-corrected chi connectivity index (χ3v) is 3.00. The smallest absolute Gasteiger partial charge is 0.341 e. The van der Waals surface area contributed by atoms with Crippen LogP contribution in [0.3, 0.4) is 0 Å². The standard InChI is InChI=1S/C14H14F2O2/c15-12-8-4-7-11(13(12)16)14(17)18-9-10-5-2-1-3-6-10/h1-2,4,7-8,10H,3,5-6,9H2. The van der Waals surface area contributed by atoms with Crippen molar-refractivity contribution < 1.29 is 18.3 Å². The number of allylic oxidation sites excluding steroid dienone is 2. The van der Waals surface area contributed by atoms with Gasteiger partial charge in [-0.05, 0) is 37.3 Å². The van der Waals surface area contributed by atoms with Gasteiger partial charge in [-0.1, -0.05) is 18.2 Å². The highest BCUT2D eigenvalue weighted by Gasteiger charge is 2.18. The summed E-state index contributed by atoms with van der Waals surface area (Å²) >= 11 is 0. The number of benzene rings is 1. The van der Waals surface area contributed by atoms with Gasteiger partial charge in [0.25, 0.3) is 0 Å². The van der Waals surface area contributed by atoms with E-state index in [4.69, 9.17) is 4.74 Å². The first-order chi connectivity index (χ1) is 8.68. The normalized spacial score (nSPS) is 18.7. The van der Waals surface area contributed by atoms with Gasteiger partial charge in [0, 0.05) is 0 Å². The number of carbonyl (C=O) groups excluding carboxylic acids is 1. The summed E-state index contributed by atoms with van der Waals surface area (Å²) in [5.74, 6) is -2.71. The molecule has 2 rings (SSSR count). The van der Waals surface area contributed by atoms with Crippen molar-refractivity contribution in [2.24, 2.45) is 5.92 Å². The zero-order chi connectivity index (χ0) is 13.0. The second-order valence-corrected chi connectivity index (χ2v) is 4.35. The predicted octanol–water partition coefficient (Wildman–Crippen LogP) is 3.48. The predicted molar refractivity (Wildman–Crippen MR) is 63.1 cm³/mol. The van der Waals surface area contributed by atoms with E-state index in [1.165, 1.54) is 12.1 Å². The number of hydrogen-bond acceptors (Lipinski definition) is 2. The molecule has 1 aliphatic rings. The molecule has 0 amide bonds. The minimum Gasteiger partial charge on any atom is -0.462 e. The highest BCUT2D eigenvalue weighted by Crippen LogP contribution is 2.19. The van der Waals surface area contributed by atoms with Crippen molar-refractivity contribution in [3.05, 3.63) is 47.5 Å². The van der Waals surface area contributed by atoms with Crippen molar-refractivity contribution in [1.29, 1.82) is 0 Å². The van der Waals surface area contributed by atoms with Crippen LogP contribution in [0.4, 0.5) is 8.78 Å². The van der Waals surface area contributed by atoms with Gasteiger partial charge in [0.05, 0.1) is 12.2 Å². The van der Waals surface area contributed by atoms with Crippen LogP contribution in [0.2, 0.25) is 0 Å². The van der Waals surface area contributed by atoms with Crippen LogP contribution in [-0.2, 0) is 4.74 Å². The lowest BCUT2D eigenvalue weighted by Gasteiger charge is -2.17. The number of carbonyl (C=O) groups is 1. The fourth-order valence-corrected chi connectivity index (χ4v) is 1.94. The number of esters is 1. The molecule has 0 radical (unpaired) electrons. The van der Waals surface area contributed by atoms with Crippen LogP contribution < -0.4 is 0 Å². The van der Waals surface area contributed by atoms with E-state index in [0.717, 1.165) is 25.3 Å². The Bertz CT molecular complexity index is 469. The Morgan fingerprint density at radius 2 is 2.17 bits per heavy atom. The van der Waals surface area contributed by atoms with E-state index >= 15 is 0 Å². The molecule has 0 saturated heterocycles. The summed E-state index contributed by atoms with van der Waals surface area (Å²) in [7, 11) is 0. The van der Waals surface area contributed by atoms with Gasteiger partial charge in [-0.2, -0.15) is 0 Å². The van der Waals surface area contributed by atoms with E-state index in [9.17, 15) is 13.6 Å². The van der Waals surface area contributed by atoms with E-state index in [2.05, 4.69) is 6.08 Å². The Balaban J connectivity index is 1.95. The molecule has 0 aliphatic heterocycles. The Morgan fingerprint density at radius 3 is 2.89 bits per heavy atom. The molecule has 1 aliphatic carbocycles. The van der Waals surface area contributed by atoms with Crippen molar-refractivity contribution in [2.45, 2.75) is 19.3 Å². The van der Waals surface area contributed by atoms with Crippen LogP contribution in [0, 0.1) is 17.6 Å². The van der Waals surface area contributed by atoms with E-state index in [1.54, 1.807) is 0 Å². The number of rotatable bonds is 3. The van der Waals surface area contributed by atoms with Gasteiger partial charge in [0.1, 0.15) is 0 Å². The maximum absolute atomic E-state index is 13.3. The van der Waals surface area contributed by atoms with Crippen LogP contribution >= 0.6 is 0 Å². The SMILES string of the molecule is O=C(OCC1CC=CCC1)c1cccc(F)c1F. The number of ether oxygens (including phenoxy) is 1. The van der Waals surface area contributed by atoms with Gasteiger partial charge < -0.3 is 4.74 Å². The van der Waals surface area contributed by atoms with Crippen LogP contribution in [0.25, 0.3) is 0 Å². The molecule has 0 saturated carbocycles. The first-order valence-corrected chi connectivity index (χ1v) is 5.94. The summed E-state index contributed by atoms with van der Waals surface area (Å²) in [6, 6.07) is 3.48. The van der Waals surface area contributed by atoms with Crippen molar-refractivity contribution in [3.8, 4) is 0 Å². The molecule has 0 bridgehead atoms. The summed E-state index contributed by atoms with van der Waals surface area (Å²) in [5.41, 5.74) is -0.346. The molecule has 0 heterocycles. The Labute approximate surface area is 104 Å². The van der Waals surface area contributed by atoms with Crippen molar-refractivity contribution in [1.82, 2.24) is 0 Å². The molecule has 0 aromatic heterocycles. The summed E-state index contributed by atoms with van der Waals surface area (Å²) < 4.78 is 31.3. The van der Waals surface area contributed by atoms with Gasteiger partial charge in [-0.3, -0.25) is 0 Å². The average molecular weight is 252 g/mol. The molecular formula is C14H14F2O2. The van der Waals surface area contributed by atoms with Gasteiger partial charge in [0.15, 0.2) is 11.6 Å². The lowest BCUT2D eigenvalue weighted by Crippen LogP contribution is -2.16. The van der Waals surface area contributed by atoms with Crippen LogP contribution in [0.15, 0.2) is 30.4 Å². The zero-order valence-corrected chi connectivity index (χ0v) is 9.86. The van der Waals surface area contributed by atoms with Gasteiger partial charge >= 0.3 is 5.97 Å². The average Bonchev–Trinajstić information content (AvgIpc) is 2.40. The van der Waals surface area contributed by atoms with Crippen LogP contribution in [0.1, 0.15) is 29.6 Å². The fraction of sp³-hybridized carbons (Fsp3) is 0.357. The first kappa shape index (κ1) is 12.7. The largest absolute Gasteiger partial charge is 0.462 e. The first-order valence-electron chi connectivity index (χ1n) is 5.94. The third-order valence-electron chi connectivity index (χ3n) is 3.00. The summed E-state index contributed by atoms with van der Waals surface area (Å²) in [6.07, 6.45) is 6.92. The summed E-state index contributed by atoms with van der Waals surface area (Å²) in [4.78, 5) is 11.6. The minimum absolute atomic E-state index is 0.249. The fourth-order valence-electron chi connectivity index (χ4n) is 1.94. The third kappa shape index (κ3) is 2.94. The molecule has 0 fully saturated rings. The molecular weight excluding hydrogens is 238 g/mol. The van der Waals surface area contributed by atoms with E-state index < -0.39 is 17.6 Å². The summed E-state index contributed by atoms with van der Waals surface area (Å²) in [5, 5.41) is 0. The quantitative estimate of drug-likeness (QED) is 0.608. The number of hydrogen-bond donors (Lipinski definition) is 0. The second kappa shape index (κ2) is 5.76. The van der Waals surface area contributed by atoms with E-state index in [-0.39, 0.29) is 18.1 Å². The van der Waals surface area contributed by atoms with Crippen molar-refractivity contribution in [2.75, 3.05) is 6.61 Å². The second-order valence-electron chi connectivity index (χ2n) is 4.35. The Morgan fingerprint density at radius 1 is 1.33 bits per heavy atom. The van der Waals surface area contributed by atoms with Crippen molar-refractivity contribution in [3.63, 3.8) is 0 Å². The maximum Gasteiger partial charge on any atom is 0.341 e. The molecule has 18 heavy (non-hydrogen) atoms.